The second kappa shape index (κ2) is 4.71. The number of rotatable bonds is 1. The number of nitrogens with zero attached hydrogens (tertiary/aromatic N) is 3. The molecular weight excluding hydrogens is 250 g/mol. The molecule has 0 saturated carbocycles. The zero-order valence-electron chi connectivity index (χ0n) is 11.9. The zero-order chi connectivity index (χ0) is 14.3. The molecule has 4 heteroatoms. The molecule has 0 saturated heterocycles. The van der Waals surface area contributed by atoms with Crippen LogP contribution in [0.4, 0.5) is 11.4 Å². The highest BCUT2D eigenvalue weighted by molar-refractivity contribution is 6.22. The van der Waals surface area contributed by atoms with Crippen LogP contribution >= 0.6 is 0 Å². The highest BCUT2D eigenvalue weighted by atomic mass is 16.1. The smallest absolute Gasteiger partial charge is 0.268 e. The molecule has 0 radical (unpaired) electrons. The van der Waals surface area contributed by atoms with Crippen LogP contribution in [0.15, 0.2) is 34.3 Å². The van der Waals surface area contributed by atoms with E-state index in [9.17, 15) is 4.79 Å². The number of hydrogen-bond acceptors (Lipinski definition) is 3. The fourth-order valence-corrected chi connectivity index (χ4v) is 2.87. The molecule has 3 rings (SSSR count). The van der Waals surface area contributed by atoms with Gasteiger partial charge in [-0.15, -0.1) is 0 Å². The third-order valence-electron chi connectivity index (χ3n) is 3.79. The number of anilines is 1. The van der Waals surface area contributed by atoms with Crippen LogP contribution in [0.1, 0.15) is 19.4 Å². The quantitative estimate of drug-likeness (QED) is 0.785. The van der Waals surface area contributed by atoms with Gasteiger partial charge in [-0.1, -0.05) is 19.9 Å². The van der Waals surface area contributed by atoms with Crippen molar-refractivity contribution >= 4 is 35.3 Å². The topological polar surface area (TPSA) is 45.0 Å². The Bertz CT molecular complexity index is 656. The second-order valence-corrected chi connectivity index (χ2v) is 5.47. The van der Waals surface area contributed by atoms with E-state index in [2.05, 4.69) is 9.98 Å². The number of benzene rings is 1. The lowest BCUT2D eigenvalue weighted by molar-refractivity contribution is -0.119. The van der Waals surface area contributed by atoms with Crippen molar-refractivity contribution in [3.05, 3.63) is 29.8 Å². The lowest BCUT2D eigenvalue weighted by atomic mass is 9.99. The minimum atomic E-state index is -0.258. The minimum Gasteiger partial charge on any atom is -0.362 e. The maximum Gasteiger partial charge on any atom is 0.268 e. The first-order valence-corrected chi connectivity index (χ1v) is 6.78. The van der Waals surface area contributed by atoms with Crippen LogP contribution in [-0.4, -0.2) is 31.4 Å². The number of allylic oxidation sites excluding steroid dienone is 2. The Hall–Kier alpha value is -2.23. The number of aliphatic imine (C=N–C) groups is 2. The summed E-state index contributed by atoms with van der Waals surface area (Å²) in [5.74, 6) is 0.0817. The summed E-state index contributed by atoms with van der Waals surface area (Å²) in [6, 6.07) is 5.75. The molecule has 20 heavy (non-hydrogen) atoms. The molecule has 1 unspecified atom stereocenters. The SMILES string of the molecule is CC(C)C1C(=O)/N=C\C=C2\C=Nc3cccc(c32)N1C. The average molecular weight is 267 g/mol. The number of carbonyl (C=O) groups excluding carboxylic acids is 1. The van der Waals surface area contributed by atoms with E-state index in [0.29, 0.717) is 0 Å². The van der Waals surface area contributed by atoms with Crippen LogP contribution in [0.5, 0.6) is 0 Å². The molecule has 2 heterocycles. The third-order valence-corrected chi connectivity index (χ3v) is 3.79. The Kier molecular flexibility index (Phi) is 3.01. The number of likely N-dealkylation sites (N-methyl/N-ethyl adjacent to an activating group) is 1. The van der Waals surface area contributed by atoms with Gasteiger partial charge in [0.25, 0.3) is 5.91 Å². The van der Waals surface area contributed by atoms with Crippen molar-refractivity contribution in [3.8, 4) is 0 Å². The molecule has 2 aliphatic heterocycles. The molecule has 1 aromatic carbocycles. The van der Waals surface area contributed by atoms with Crippen LogP contribution in [0.2, 0.25) is 0 Å². The largest absolute Gasteiger partial charge is 0.362 e. The van der Waals surface area contributed by atoms with E-state index in [1.165, 1.54) is 0 Å². The molecule has 0 aliphatic carbocycles. The highest BCUT2D eigenvalue weighted by Gasteiger charge is 2.30. The summed E-state index contributed by atoms with van der Waals surface area (Å²) in [6.07, 6.45) is 5.27. The minimum absolute atomic E-state index is 0.103. The van der Waals surface area contributed by atoms with E-state index in [4.69, 9.17) is 0 Å². The van der Waals surface area contributed by atoms with Crippen LogP contribution in [0.25, 0.3) is 5.57 Å². The van der Waals surface area contributed by atoms with E-state index in [1.807, 2.05) is 56.3 Å². The van der Waals surface area contributed by atoms with E-state index >= 15 is 0 Å². The summed E-state index contributed by atoms with van der Waals surface area (Å²) in [6.45, 7) is 4.08. The van der Waals surface area contributed by atoms with Crippen molar-refractivity contribution in [2.24, 2.45) is 15.9 Å². The molecule has 0 aromatic heterocycles. The molecule has 1 aromatic rings. The van der Waals surface area contributed by atoms with Crippen molar-refractivity contribution in [2.75, 3.05) is 11.9 Å². The van der Waals surface area contributed by atoms with Gasteiger partial charge >= 0.3 is 0 Å². The van der Waals surface area contributed by atoms with Gasteiger partial charge in [0.2, 0.25) is 0 Å². The fourth-order valence-electron chi connectivity index (χ4n) is 2.87. The summed E-state index contributed by atoms with van der Waals surface area (Å²) in [4.78, 5) is 22.8. The summed E-state index contributed by atoms with van der Waals surface area (Å²) >= 11 is 0. The van der Waals surface area contributed by atoms with Crippen LogP contribution in [0.3, 0.4) is 0 Å². The summed E-state index contributed by atoms with van der Waals surface area (Å²) in [5.41, 5.74) is 4.07. The monoisotopic (exact) mass is 267 g/mol. The van der Waals surface area contributed by atoms with Crippen molar-refractivity contribution in [3.63, 3.8) is 0 Å². The molecule has 4 nitrogen and oxygen atoms in total. The van der Waals surface area contributed by atoms with Gasteiger partial charge in [-0.05, 0) is 24.1 Å². The maximum absolute atomic E-state index is 12.3. The van der Waals surface area contributed by atoms with Gasteiger partial charge in [0, 0.05) is 36.3 Å². The van der Waals surface area contributed by atoms with Gasteiger partial charge in [-0.25, -0.2) is 4.99 Å². The van der Waals surface area contributed by atoms with Gasteiger partial charge in [0.05, 0.1) is 5.69 Å². The Balaban J connectivity index is 2.22. The first kappa shape index (κ1) is 12.8. The lowest BCUT2D eigenvalue weighted by Gasteiger charge is -2.31. The molecule has 2 aliphatic rings. The van der Waals surface area contributed by atoms with E-state index < -0.39 is 0 Å². The standard InChI is InChI=1S/C16H17N3O/c1-10(2)15-16(20)17-8-7-11-9-18-12-5-4-6-13(14(11)12)19(15)3/h4-10,15H,1-3H3/b11-7-,17-8-. The molecule has 0 bridgehead atoms. The summed E-state index contributed by atoms with van der Waals surface area (Å²) < 4.78 is 0. The fraction of sp³-hybridized carbons (Fsp3) is 0.312. The van der Waals surface area contributed by atoms with Gasteiger partial charge in [-0.2, -0.15) is 0 Å². The first-order valence-electron chi connectivity index (χ1n) is 6.78. The predicted octanol–water partition coefficient (Wildman–Crippen LogP) is 2.86. The van der Waals surface area contributed by atoms with E-state index in [-0.39, 0.29) is 17.9 Å². The second-order valence-electron chi connectivity index (χ2n) is 5.47. The molecule has 102 valence electrons. The van der Waals surface area contributed by atoms with Gasteiger partial charge in [0.1, 0.15) is 6.04 Å². The Morgan fingerprint density at radius 2 is 2.05 bits per heavy atom. The van der Waals surface area contributed by atoms with Crippen LogP contribution in [0, 0.1) is 5.92 Å². The normalized spacial score (nSPS) is 24.8. The molecule has 0 N–H and O–H groups in total. The van der Waals surface area contributed by atoms with Gasteiger partial charge in [0.15, 0.2) is 0 Å². The average Bonchev–Trinajstić information content (AvgIpc) is 2.82. The van der Waals surface area contributed by atoms with Crippen LogP contribution in [-0.2, 0) is 4.79 Å². The molecule has 1 amide bonds. The predicted molar refractivity (Wildman–Crippen MR) is 83.1 cm³/mol. The van der Waals surface area contributed by atoms with Gasteiger partial charge in [-0.3, -0.25) is 9.79 Å². The van der Waals surface area contributed by atoms with Crippen molar-refractivity contribution in [1.29, 1.82) is 0 Å². The molecule has 0 spiro atoms. The summed E-state index contributed by atoms with van der Waals surface area (Å²) in [7, 11) is 1.95. The summed E-state index contributed by atoms with van der Waals surface area (Å²) in [5, 5.41) is 0. The number of hydrogen-bond donors (Lipinski definition) is 0. The van der Waals surface area contributed by atoms with Gasteiger partial charge < -0.3 is 4.90 Å². The third kappa shape index (κ3) is 1.88. The lowest BCUT2D eigenvalue weighted by Crippen LogP contribution is -2.42. The zero-order valence-corrected chi connectivity index (χ0v) is 11.9. The highest BCUT2D eigenvalue weighted by Crippen LogP contribution is 2.39. The Labute approximate surface area is 118 Å². The number of carbonyl (C=O) groups is 1. The van der Waals surface area contributed by atoms with Crippen molar-refractivity contribution in [1.82, 2.24) is 0 Å². The Morgan fingerprint density at radius 1 is 1.25 bits per heavy atom. The first-order chi connectivity index (χ1) is 9.59. The van der Waals surface area contributed by atoms with E-state index in [1.54, 1.807) is 6.21 Å². The number of amides is 1. The molecular formula is C16H17N3O. The molecule has 0 fully saturated rings. The maximum atomic E-state index is 12.3. The Morgan fingerprint density at radius 3 is 2.80 bits per heavy atom. The van der Waals surface area contributed by atoms with Crippen molar-refractivity contribution in [2.45, 2.75) is 19.9 Å². The van der Waals surface area contributed by atoms with E-state index in [0.717, 1.165) is 22.5 Å². The van der Waals surface area contributed by atoms with Crippen LogP contribution < -0.4 is 4.90 Å². The molecule has 1 atom stereocenters. The van der Waals surface area contributed by atoms with Crippen molar-refractivity contribution < 1.29 is 4.79 Å².